The largest absolute Gasteiger partial charge is 0.481 e. The molecule has 3 unspecified atom stereocenters. The summed E-state index contributed by atoms with van der Waals surface area (Å²) in [4.78, 5) is 225. The van der Waals surface area contributed by atoms with Gasteiger partial charge in [0.05, 0.1) is 122 Å². The van der Waals surface area contributed by atoms with Gasteiger partial charge in [-0.3, -0.25) is 82.1 Å². The quantitative estimate of drug-likeness (QED) is 0.0701. The molecule has 16 atom stereocenters. The molecule has 1 fully saturated rings. The molecule has 7 aromatic rings. The van der Waals surface area contributed by atoms with Crippen molar-refractivity contribution in [1.82, 2.24) is 90.6 Å². The highest BCUT2D eigenvalue weighted by molar-refractivity contribution is 8.01. The highest BCUT2D eigenvalue weighted by atomic mass is 32.2. The van der Waals surface area contributed by atoms with Crippen LogP contribution in [0.4, 0.5) is 0 Å². The molecule has 0 aliphatic carbocycles. The molecule has 140 heavy (non-hydrogen) atoms. The number of aromatic amines is 2. The Balaban J connectivity index is 1.00. The monoisotopic (exact) mass is 2050 g/mol. The van der Waals surface area contributed by atoms with Crippen molar-refractivity contribution >= 4 is 170 Å². The number of carbonyl (C=O) groups is 14. The van der Waals surface area contributed by atoms with Crippen molar-refractivity contribution in [2.24, 2.45) is 35.1 Å². The van der Waals surface area contributed by atoms with Gasteiger partial charge in [-0.05, 0) is 105 Å². The summed E-state index contributed by atoms with van der Waals surface area (Å²) in [7, 11) is -13.6. The van der Waals surface area contributed by atoms with E-state index in [9.17, 15) is 58.2 Å². The number of nitrogens with two attached hydrogens (primary N) is 2. The number of pyridine rings is 3. The number of aromatic nitrogens is 5. The Hall–Kier alpha value is -11.4. The third kappa shape index (κ3) is 30.1. The Morgan fingerprint density at radius 3 is 1.39 bits per heavy atom. The molecule has 0 spiro atoms. The maximum atomic E-state index is 15.6. The Labute approximate surface area is 824 Å². The van der Waals surface area contributed by atoms with Crippen LogP contribution in [-0.4, -0.2) is 292 Å². The Bertz CT molecular complexity index is 6070. The van der Waals surface area contributed by atoms with Crippen LogP contribution in [0.1, 0.15) is 132 Å². The number of hydrogen-bond donors (Lipinski definition) is 15. The van der Waals surface area contributed by atoms with E-state index in [0.717, 1.165) is 48.2 Å². The number of fused-ring (bicyclic) bond motifs is 12. The van der Waals surface area contributed by atoms with E-state index in [1.54, 1.807) is 93.0 Å². The first-order chi connectivity index (χ1) is 66.4. The van der Waals surface area contributed by atoms with Crippen molar-refractivity contribution in [2.45, 2.75) is 206 Å². The van der Waals surface area contributed by atoms with Crippen molar-refractivity contribution in [2.75, 3.05) is 64.9 Å². The van der Waals surface area contributed by atoms with Crippen LogP contribution in [0.25, 0.3) is 21.8 Å². The summed E-state index contributed by atoms with van der Waals surface area (Å²) >= 11 is 2.72. The Morgan fingerprint density at radius 2 is 0.929 bits per heavy atom. The summed E-state index contributed by atoms with van der Waals surface area (Å²) < 4.78 is 95.0. The van der Waals surface area contributed by atoms with Crippen LogP contribution in [0.15, 0.2) is 116 Å². The molecule has 9 heterocycles. The molecule has 758 valence electrons. The van der Waals surface area contributed by atoms with Gasteiger partial charge in [0, 0.05) is 107 Å². The number of nitrogens with one attached hydrogen (secondary N) is 11. The molecule has 4 aliphatic heterocycles. The van der Waals surface area contributed by atoms with Crippen molar-refractivity contribution in [1.29, 1.82) is 0 Å². The van der Waals surface area contributed by atoms with E-state index in [1.807, 2.05) is 0 Å². The zero-order chi connectivity index (χ0) is 102. The number of aliphatic hydroxyl groups excluding tert-OH is 1. The topological polar surface area (TPSA) is 625 Å². The number of rotatable bonds is 14. The van der Waals surface area contributed by atoms with Crippen LogP contribution in [0, 0.1) is 23.7 Å². The number of carboxylic acid groups (broad SMARTS) is 1. The molecule has 42 nitrogen and oxygen atoms in total. The van der Waals surface area contributed by atoms with E-state index >= 15 is 44.4 Å². The van der Waals surface area contributed by atoms with Gasteiger partial charge in [0.2, 0.25) is 95.0 Å². The number of hydrogen-bond acceptors (Lipinski definition) is 28. The van der Waals surface area contributed by atoms with Crippen LogP contribution in [0.5, 0.6) is 0 Å². The Kier molecular flexibility index (Phi) is 38.8. The zero-order valence-electron chi connectivity index (χ0n) is 78.6. The van der Waals surface area contributed by atoms with E-state index in [4.69, 9.17) is 26.4 Å². The normalized spacial score (nSPS) is 26.3. The molecular weight excluding hydrogens is 1930 g/mol. The average molecular weight is 2050 g/mol. The van der Waals surface area contributed by atoms with E-state index in [0.29, 0.717) is 32.9 Å². The minimum Gasteiger partial charge on any atom is -0.481 e. The third-order valence-electron chi connectivity index (χ3n) is 24.4. The summed E-state index contributed by atoms with van der Waals surface area (Å²) in [6.45, 7) is 6.51. The molecule has 11 rings (SSSR count). The van der Waals surface area contributed by atoms with Gasteiger partial charge in [-0.25, -0.2) is 25.3 Å². The molecule has 48 heteroatoms. The number of carboxylic acids is 1. The summed E-state index contributed by atoms with van der Waals surface area (Å²) in [5.41, 5.74) is 14.8. The van der Waals surface area contributed by atoms with Crippen LogP contribution < -0.4 is 59.3 Å². The van der Waals surface area contributed by atoms with Crippen LogP contribution in [0.2, 0.25) is 0 Å². The molecule has 0 saturated carbocycles. The van der Waals surface area contributed by atoms with Gasteiger partial charge >= 0.3 is 5.97 Å². The third-order valence-corrected chi connectivity index (χ3v) is 33.8. The number of para-hydroxylation sites is 2. The number of ketones is 2. The number of sulfonamides is 3. The fourth-order valence-electron chi connectivity index (χ4n) is 16.5. The number of primary amides is 1. The fraction of sp³-hybridized carbons (Fsp3) is 0.511. The van der Waals surface area contributed by atoms with E-state index in [-0.39, 0.29) is 102 Å². The smallest absolute Gasteiger partial charge is 0.305 e. The van der Waals surface area contributed by atoms with Crippen molar-refractivity contribution < 1.29 is 103 Å². The Morgan fingerprint density at radius 1 is 0.486 bits per heavy atom. The highest BCUT2D eigenvalue weighted by Gasteiger charge is 2.44. The standard InChI is InChI=1S/C92H122N20O22S6/c1-8-56-37-77(115)82(55(7)113)108-85(121)59(38-76(114)54(6)93)49-135-29-32-138(129,130)109-43-60-17-13-19-62(98-60)45-110-46-63-20-15-22-65(100-63)48-111(47-64-21-14-18-61(44-109)99-64)140(133,134)34-31-137-51-74(105-84(56)120)89(125)102-71(36-58-41-96-69-26-12-10-24-67(58)69)88(124)106-80(52(2)3)91(127)103-72(39-79(117)118)86(122)97-42-78(116)101-70(35-57-40-95-68-25-11-9-23-66(57)68)87(123)107-81(53(4)5)92(128)112-28-16-27-75(112)90(126)104-73(83(94)119)50-136-30-33-139(110,131)132/h9-15,17-26,40-41,52-56,59,70-75,80-82,95-96,113H,8,16,27-39,42-51,93H2,1-7H3,(H2,94,119)(H,97,122)(H,101,116)(H,102,125)(H,103,127)(H,104,126)(H,105,120)(H,106,124)(H,107,123)(H,108,121)(H,117,118)/t54-,55+,56+,59-,70-,71-,72-,73-,74-,75-,80-,81-,82-/m0/s1. The number of aliphatic carboxylic acids is 1. The maximum absolute atomic E-state index is 15.6. The van der Waals surface area contributed by atoms with E-state index in [2.05, 4.69) is 57.8 Å². The molecule has 4 aliphatic rings. The molecule has 1 saturated heterocycles. The molecule has 17 N–H and O–H groups in total. The number of nitrogens with zero attached hydrogens (tertiary/aromatic N) is 7. The first kappa shape index (κ1) is 109. The minimum atomic E-state index is -4.61. The molecule has 11 amide bonds. The summed E-state index contributed by atoms with van der Waals surface area (Å²) in [5, 5.41) is 46.2. The minimum absolute atomic E-state index is 0.000462. The van der Waals surface area contributed by atoms with Crippen LogP contribution >= 0.6 is 35.3 Å². The van der Waals surface area contributed by atoms with Gasteiger partial charge in [0.1, 0.15) is 60.2 Å². The van der Waals surface area contributed by atoms with E-state index in [1.165, 1.54) is 75.9 Å². The first-order valence-corrected chi connectivity index (χ1v) is 54.4. The average Bonchev–Trinajstić information content (AvgIpc) is 0.829. The van der Waals surface area contributed by atoms with Crippen molar-refractivity contribution in [3.8, 4) is 0 Å². The van der Waals surface area contributed by atoms with Gasteiger partial charge in [0.15, 0.2) is 5.78 Å². The highest BCUT2D eigenvalue weighted by Crippen LogP contribution is 2.29. The van der Waals surface area contributed by atoms with Crippen LogP contribution in [0.3, 0.4) is 0 Å². The molecular formula is C92H122N20O22S6. The number of thioether (sulfide) groups is 3. The number of carbonyl (C=O) groups excluding carboxylic acids is 13. The maximum Gasteiger partial charge on any atom is 0.305 e. The molecule has 10 bridgehead atoms. The predicted molar refractivity (Wildman–Crippen MR) is 524 cm³/mol. The second-order valence-electron chi connectivity index (χ2n) is 35.9. The second-order valence-corrected chi connectivity index (χ2v) is 45.6. The first-order valence-electron chi connectivity index (χ1n) is 46.1. The van der Waals surface area contributed by atoms with Crippen molar-refractivity contribution in [3.63, 3.8) is 0 Å². The summed E-state index contributed by atoms with van der Waals surface area (Å²) in [6, 6.07) is 12.0. The van der Waals surface area contributed by atoms with Crippen LogP contribution in [-0.2, 0) is 149 Å². The lowest BCUT2D eigenvalue weighted by atomic mass is 9.92. The van der Waals surface area contributed by atoms with Gasteiger partial charge < -0.3 is 84.4 Å². The lowest BCUT2D eigenvalue weighted by Gasteiger charge is -2.32. The lowest BCUT2D eigenvalue weighted by molar-refractivity contribution is -0.143. The molecule has 5 aromatic heterocycles. The number of amides is 11. The lowest BCUT2D eigenvalue weighted by Crippen LogP contribution is -2.61. The SMILES string of the molecule is CC[C@@H]1CC(=O)[C@H]([C@@H](C)O)NC(=O)[C@@H](CC(=O)[C@H](C)N)CSCCS(=O)(=O)N2Cc3cccc(n3)CN3Cc4cccc(n4)CN(Cc4cccc(n4)C2)S(=O)(=O)CCSC[C@H](NC1=O)C(=O)N[C@@H](Cc1c[nH]c2ccccc12)C(=O)N[C@@H](C(C)C)C(=O)N[C@@H](CC(=O)O)C(=O)NCC(=O)N[C@@H](Cc1c[nH]c2ccccc12)C(=O)N[C@@H](C(C)C)C(=O)N1CCC[C@H]1C(=O)N[C@H](C(N)=O)CSCCS3(=O)=O. The zero-order valence-corrected chi connectivity index (χ0v) is 83.5. The van der Waals surface area contributed by atoms with Gasteiger partial charge in [0.25, 0.3) is 0 Å². The number of aliphatic hydroxyl groups is 1. The van der Waals surface area contributed by atoms with E-state index < -0.39 is 291 Å². The molecule has 2 aromatic carbocycles. The van der Waals surface area contributed by atoms with Gasteiger partial charge in [-0.15, -0.1) is 0 Å². The van der Waals surface area contributed by atoms with Crippen molar-refractivity contribution in [3.05, 3.63) is 161 Å². The predicted octanol–water partition coefficient (Wildman–Crippen LogP) is 0.402. The van der Waals surface area contributed by atoms with Gasteiger partial charge in [-0.1, -0.05) is 89.2 Å². The van der Waals surface area contributed by atoms with Gasteiger partial charge in [-0.2, -0.15) is 48.2 Å². The fourth-order valence-corrected chi connectivity index (χ4v) is 25.2. The molecule has 0 radical (unpaired) electrons. The second kappa shape index (κ2) is 49.9. The number of Topliss-reactive ketones (excluding diaryl/α,β-unsaturated/α-hetero) is 2. The number of H-pyrrole nitrogens is 2. The summed E-state index contributed by atoms with van der Waals surface area (Å²) in [5.74, 6) is -22.1. The summed E-state index contributed by atoms with van der Waals surface area (Å²) in [6.07, 6.45) is -1.19. The number of benzene rings is 2.